The second-order valence-corrected chi connectivity index (χ2v) is 8.97. The van der Waals surface area contributed by atoms with Crippen molar-refractivity contribution < 1.29 is 22.7 Å². The molecule has 4 aromatic heterocycles. The quantitative estimate of drug-likeness (QED) is 0.374. The normalized spacial score (nSPS) is 17.0. The van der Waals surface area contributed by atoms with Gasteiger partial charge >= 0.3 is 12.3 Å². The number of nitrogens with zero attached hydrogens (tertiary/aromatic N) is 7. The molecule has 38 heavy (non-hydrogen) atoms. The zero-order chi connectivity index (χ0) is 26.9. The van der Waals surface area contributed by atoms with Crippen LogP contribution in [-0.2, 0) is 11.3 Å². The first-order chi connectivity index (χ1) is 18.2. The molecule has 4 heterocycles. The number of aromatic nitrogens is 6. The fraction of sp³-hybridized carbons (Fsp3) is 0.333. The molecule has 0 aliphatic heterocycles. The summed E-state index contributed by atoms with van der Waals surface area (Å²) in [6.45, 7) is -0.957. The minimum atomic E-state index is -4.43. The zero-order valence-corrected chi connectivity index (χ0v) is 20.1. The summed E-state index contributed by atoms with van der Waals surface area (Å²) in [5.74, 6) is 0.190. The second kappa shape index (κ2) is 10.0. The van der Waals surface area contributed by atoms with Crippen molar-refractivity contribution in [2.24, 2.45) is 5.92 Å². The average Bonchev–Trinajstić information content (AvgIpc) is 3.50. The van der Waals surface area contributed by atoms with Crippen molar-refractivity contribution >= 4 is 17.3 Å². The Kier molecular flexibility index (Phi) is 6.58. The second-order valence-electron chi connectivity index (χ2n) is 8.97. The maximum Gasteiger partial charge on any atom is 0.408 e. The highest BCUT2D eigenvalue weighted by Gasteiger charge is 2.32. The number of alkyl halides is 3. The van der Waals surface area contributed by atoms with E-state index in [9.17, 15) is 18.0 Å². The topological polar surface area (TPSA) is 135 Å². The van der Waals surface area contributed by atoms with E-state index >= 15 is 0 Å². The first-order valence-corrected chi connectivity index (χ1v) is 11.7. The summed E-state index contributed by atoms with van der Waals surface area (Å²) < 4.78 is 46.0. The molecule has 0 unspecified atom stereocenters. The molecule has 1 aliphatic carbocycles. The van der Waals surface area contributed by atoms with Crippen molar-refractivity contribution in [2.75, 3.05) is 19.0 Å². The van der Waals surface area contributed by atoms with Gasteiger partial charge in [-0.3, -0.25) is 4.98 Å². The lowest BCUT2D eigenvalue weighted by molar-refractivity contribution is -0.142. The molecular weight excluding hydrogens is 503 g/mol. The molecular formula is C24H22F3N9O2. The van der Waals surface area contributed by atoms with Gasteiger partial charge in [0.1, 0.15) is 18.3 Å². The lowest BCUT2D eigenvalue weighted by atomic mass is 9.80. The summed E-state index contributed by atoms with van der Waals surface area (Å²) in [6.07, 6.45) is 0.780. The molecule has 2 N–H and O–H groups in total. The van der Waals surface area contributed by atoms with Crippen LogP contribution in [0.25, 0.3) is 28.2 Å². The molecule has 0 bridgehead atoms. The number of pyridine rings is 1. The van der Waals surface area contributed by atoms with Crippen LogP contribution < -0.4 is 10.6 Å². The minimum Gasteiger partial charge on any atom is -0.449 e. The SMILES string of the molecule is CNC(=O)OCC1CC(Nc2cc(-c3ccc4cc(C#N)cnn34)ncc2-c2cn(CC(F)(F)F)nn2)C1. The van der Waals surface area contributed by atoms with Gasteiger partial charge in [0.2, 0.25) is 0 Å². The Labute approximate surface area is 214 Å². The van der Waals surface area contributed by atoms with Crippen LogP contribution in [0.15, 0.2) is 42.9 Å². The van der Waals surface area contributed by atoms with Gasteiger partial charge in [-0.05, 0) is 43.0 Å². The summed E-state index contributed by atoms with van der Waals surface area (Å²) in [5, 5.41) is 26.9. The number of nitrogens with one attached hydrogen (secondary N) is 2. The minimum absolute atomic E-state index is 0.0490. The fourth-order valence-corrected chi connectivity index (χ4v) is 4.33. The number of anilines is 1. The van der Waals surface area contributed by atoms with Gasteiger partial charge in [0.25, 0.3) is 0 Å². The van der Waals surface area contributed by atoms with Gasteiger partial charge in [-0.1, -0.05) is 5.21 Å². The monoisotopic (exact) mass is 525 g/mol. The molecule has 0 spiro atoms. The summed E-state index contributed by atoms with van der Waals surface area (Å²) in [4.78, 5) is 15.9. The average molecular weight is 525 g/mol. The number of nitriles is 1. The first kappa shape index (κ1) is 25.0. The maximum atomic E-state index is 12.8. The van der Waals surface area contributed by atoms with Gasteiger partial charge in [-0.15, -0.1) is 5.10 Å². The standard InChI is InChI=1S/C24H22F3N9O2/c1-29-23(37)38-12-14-4-16(5-14)32-19-7-20(22-3-2-17-6-15(8-28)9-31-36(17)22)30-10-18(19)21-11-35(34-33-21)13-24(25,26)27/h2-3,6-7,9-11,14,16H,4-5,12-13H2,1H3,(H,29,37)(H,30,32). The molecule has 5 rings (SSSR count). The Hall–Kier alpha value is -4.67. The number of alkyl carbamates (subject to hydrolysis) is 1. The van der Waals surface area contributed by atoms with Gasteiger partial charge in [0, 0.05) is 30.5 Å². The van der Waals surface area contributed by atoms with Gasteiger partial charge in [0.05, 0.1) is 41.5 Å². The largest absolute Gasteiger partial charge is 0.449 e. The van der Waals surface area contributed by atoms with Crippen molar-refractivity contribution in [3.8, 4) is 28.7 Å². The Balaban J connectivity index is 1.43. The van der Waals surface area contributed by atoms with Crippen LogP contribution >= 0.6 is 0 Å². The van der Waals surface area contributed by atoms with Gasteiger partial charge in [-0.25, -0.2) is 14.0 Å². The van der Waals surface area contributed by atoms with E-state index in [1.54, 1.807) is 16.6 Å². The van der Waals surface area contributed by atoms with Gasteiger partial charge in [-0.2, -0.15) is 23.5 Å². The number of rotatable bonds is 7. The molecule has 1 aliphatic rings. The zero-order valence-electron chi connectivity index (χ0n) is 20.1. The van der Waals surface area contributed by atoms with E-state index in [0.717, 1.165) is 17.5 Å². The lowest BCUT2D eigenvalue weighted by Crippen LogP contribution is -2.39. The fourth-order valence-electron chi connectivity index (χ4n) is 4.33. The van der Waals surface area contributed by atoms with E-state index in [0.29, 0.717) is 40.3 Å². The van der Waals surface area contributed by atoms with Crippen LogP contribution in [0.2, 0.25) is 0 Å². The maximum absolute atomic E-state index is 12.8. The molecule has 0 aromatic carbocycles. The number of hydrogen-bond donors (Lipinski definition) is 2. The van der Waals surface area contributed by atoms with Gasteiger partial charge < -0.3 is 15.4 Å². The molecule has 4 aromatic rings. The van der Waals surface area contributed by atoms with Crippen molar-refractivity contribution in [1.29, 1.82) is 5.26 Å². The predicted molar refractivity (Wildman–Crippen MR) is 129 cm³/mol. The van der Waals surface area contributed by atoms with E-state index in [-0.39, 0.29) is 17.7 Å². The molecule has 1 saturated carbocycles. The molecule has 196 valence electrons. The Bertz CT molecular complexity index is 1520. The van der Waals surface area contributed by atoms with Crippen LogP contribution in [0.4, 0.5) is 23.7 Å². The van der Waals surface area contributed by atoms with Crippen molar-refractivity contribution in [2.45, 2.75) is 31.6 Å². The van der Waals surface area contributed by atoms with E-state index in [2.05, 4.69) is 37.1 Å². The van der Waals surface area contributed by atoms with E-state index in [4.69, 9.17) is 10.00 Å². The van der Waals surface area contributed by atoms with Crippen molar-refractivity contribution in [1.82, 2.24) is 34.9 Å². The molecule has 1 amide bonds. The first-order valence-electron chi connectivity index (χ1n) is 11.7. The van der Waals surface area contributed by atoms with E-state index in [1.807, 2.05) is 12.1 Å². The molecule has 1 fully saturated rings. The van der Waals surface area contributed by atoms with Crippen molar-refractivity contribution in [3.63, 3.8) is 0 Å². The molecule has 0 saturated heterocycles. The molecule has 0 atom stereocenters. The lowest BCUT2D eigenvalue weighted by Gasteiger charge is -2.36. The smallest absolute Gasteiger partial charge is 0.408 e. The van der Waals surface area contributed by atoms with Crippen LogP contribution in [0.5, 0.6) is 0 Å². The van der Waals surface area contributed by atoms with Crippen molar-refractivity contribution in [3.05, 3.63) is 48.4 Å². The Morgan fingerprint density at radius 2 is 2.05 bits per heavy atom. The van der Waals surface area contributed by atoms with Crippen LogP contribution in [0, 0.1) is 17.2 Å². The highest BCUT2D eigenvalue weighted by atomic mass is 19.4. The Morgan fingerprint density at radius 1 is 1.24 bits per heavy atom. The molecule has 14 heteroatoms. The number of hydrogen-bond acceptors (Lipinski definition) is 8. The number of halogens is 3. The predicted octanol–water partition coefficient (Wildman–Crippen LogP) is 3.64. The van der Waals surface area contributed by atoms with Crippen LogP contribution in [0.1, 0.15) is 18.4 Å². The van der Waals surface area contributed by atoms with Gasteiger partial charge in [0.15, 0.2) is 0 Å². The number of carbonyl (C=O) groups excluding carboxylic acids is 1. The molecule has 11 nitrogen and oxygen atoms in total. The van der Waals surface area contributed by atoms with E-state index in [1.165, 1.54) is 25.6 Å². The highest BCUT2D eigenvalue weighted by Crippen LogP contribution is 2.36. The third-order valence-corrected chi connectivity index (χ3v) is 6.20. The summed E-state index contributed by atoms with van der Waals surface area (Å²) >= 11 is 0. The number of fused-ring (bicyclic) bond motifs is 1. The molecule has 0 radical (unpaired) electrons. The van der Waals surface area contributed by atoms with E-state index < -0.39 is 18.8 Å². The number of ether oxygens (including phenoxy) is 1. The third-order valence-electron chi connectivity index (χ3n) is 6.20. The number of amides is 1. The van der Waals surface area contributed by atoms with Crippen LogP contribution in [0.3, 0.4) is 0 Å². The third kappa shape index (κ3) is 5.36. The summed E-state index contributed by atoms with van der Waals surface area (Å²) in [7, 11) is 1.49. The highest BCUT2D eigenvalue weighted by molar-refractivity contribution is 5.79. The summed E-state index contributed by atoms with van der Waals surface area (Å²) in [5.41, 5.74) is 3.73. The summed E-state index contributed by atoms with van der Waals surface area (Å²) in [6, 6.07) is 9.24. The Morgan fingerprint density at radius 3 is 2.79 bits per heavy atom. The van der Waals surface area contributed by atoms with Crippen LogP contribution in [-0.4, -0.2) is 61.6 Å². The number of carbonyl (C=O) groups is 1.